The molecule has 0 unspecified atom stereocenters. The van der Waals surface area contributed by atoms with Crippen LogP contribution in [0.4, 0.5) is 0 Å². The number of carbonyl (C=O) groups excluding carboxylic acids is 3. The van der Waals surface area contributed by atoms with Crippen molar-refractivity contribution in [2.24, 2.45) is 11.8 Å². The van der Waals surface area contributed by atoms with Crippen molar-refractivity contribution in [1.29, 1.82) is 0 Å². The standard InChI is InChI=1S/C23H35N3O4/c1-16(2)23(29)26-13-10-18(11-14-26)20(22(28)24-12-5-15-30-4)25-21(27)19-8-6-17(3)7-9-19/h6-9,16,18,20H,5,10-15H2,1-4H3,(H,24,28)(H,25,27)/t20-/m0/s1. The van der Waals surface area contributed by atoms with E-state index in [9.17, 15) is 14.4 Å². The topological polar surface area (TPSA) is 87.7 Å². The van der Waals surface area contributed by atoms with Crippen LogP contribution in [0.2, 0.25) is 0 Å². The summed E-state index contributed by atoms with van der Waals surface area (Å²) in [5.74, 6) is -0.355. The van der Waals surface area contributed by atoms with E-state index in [-0.39, 0.29) is 29.6 Å². The van der Waals surface area contributed by atoms with E-state index in [0.717, 1.165) is 5.56 Å². The molecule has 1 aliphatic rings. The Kier molecular flexibility index (Phi) is 9.30. The Labute approximate surface area is 179 Å². The Morgan fingerprint density at radius 3 is 2.33 bits per heavy atom. The molecular weight excluding hydrogens is 382 g/mol. The first-order chi connectivity index (χ1) is 14.3. The van der Waals surface area contributed by atoms with Gasteiger partial charge in [-0.2, -0.15) is 0 Å². The van der Waals surface area contributed by atoms with E-state index < -0.39 is 6.04 Å². The molecule has 3 amide bonds. The van der Waals surface area contributed by atoms with Crippen LogP contribution in [0.15, 0.2) is 24.3 Å². The Morgan fingerprint density at radius 2 is 1.77 bits per heavy atom. The molecule has 1 aliphatic heterocycles. The third kappa shape index (κ3) is 6.83. The lowest BCUT2D eigenvalue weighted by atomic mass is 9.88. The van der Waals surface area contributed by atoms with Crippen LogP contribution in [-0.4, -0.2) is 62.0 Å². The summed E-state index contributed by atoms with van der Waals surface area (Å²) in [5.41, 5.74) is 1.60. The molecule has 1 atom stereocenters. The minimum atomic E-state index is -0.627. The molecule has 0 spiro atoms. The summed E-state index contributed by atoms with van der Waals surface area (Å²) < 4.78 is 5.03. The number of ether oxygens (including phenoxy) is 1. The van der Waals surface area contributed by atoms with Crippen molar-refractivity contribution in [3.63, 3.8) is 0 Å². The summed E-state index contributed by atoms with van der Waals surface area (Å²) in [6, 6.07) is 6.66. The number of hydrogen-bond donors (Lipinski definition) is 2. The quantitative estimate of drug-likeness (QED) is 0.603. The Morgan fingerprint density at radius 1 is 1.13 bits per heavy atom. The van der Waals surface area contributed by atoms with Crippen LogP contribution in [0.5, 0.6) is 0 Å². The predicted octanol–water partition coefficient (Wildman–Crippen LogP) is 2.14. The highest BCUT2D eigenvalue weighted by Crippen LogP contribution is 2.23. The summed E-state index contributed by atoms with van der Waals surface area (Å²) in [6.07, 6.45) is 2.08. The van der Waals surface area contributed by atoms with E-state index in [2.05, 4.69) is 10.6 Å². The van der Waals surface area contributed by atoms with Gasteiger partial charge in [0.2, 0.25) is 11.8 Å². The second-order valence-electron chi connectivity index (χ2n) is 8.27. The lowest BCUT2D eigenvalue weighted by molar-refractivity contribution is -0.136. The SMILES string of the molecule is COCCCNC(=O)[C@@H](NC(=O)c1ccc(C)cc1)C1CCN(C(=O)C(C)C)CC1. The third-order valence-corrected chi connectivity index (χ3v) is 5.52. The van der Waals surface area contributed by atoms with Crippen LogP contribution >= 0.6 is 0 Å². The van der Waals surface area contributed by atoms with Gasteiger partial charge in [0.15, 0.2) is 0 Å². The lowest BCUT2D eigenvalue weighted by Gasteiger charge is -2.36. The largest absolute Gasteiger partial charge is 0.385 e. The Balaban J connectivity index is 2.05. The van der Waals surface area contributed by atoms with Crippen LogP contribution in [0.25, 0.3) is 0 Å². The lowest BCUT2D eigenvalue weighted by Crippen LogP contribution is -2.54. The van der Waals surface area contributed by atoms with Gasteiger partial charge in [0.1, 0.15) is 6.04 Å². The molecule has 166 valence electrons. The highest BCUT2D eigenvalue weighted by atomic mass is 16.5. The molecule has 1 saturated heterocycles. The van der Waals surface area contributed by atoms with Crippen molar-refractivity contribution in [2.75, 3.05) is 33.4 Å². The summed E-state index contributed by atoms with van der Waals surface area (Å²) in [4.78, 5) is 39.8. The zero-order valence-electron chi connectivity index (χ0n) is 18.6. The highest BCUT2D eigenvalue weighted by Gasteiger charge is 2.34. The normalized spacial score (nSPS) is 15.7. The first-order valence-electron chi connectivity index (χ1n) is 10.8. The Bertz CT molecular complexity index is 710. The smallest absolute Gasteiger partial charge is 0.251 e. The van der Waals surface area contributed by atoms with Crippen LogP contribution in [0.3, 0.4) is 0 Å². The number of hydrogen-bond acceptors (Lipinski definition) is 4. The molecule has 0 saturated carbocycles. The number of amides is 3. The Hall–Kier alpha value is -2.41. The van der Waals surface area contributed by atoms with Crippen LogP contribution < -0.4 is 10.6 Å². The van der Waals surface area contributed by atoms with Gasteiger partial charge in [0.25, 0.3) is 5.91 Å². The number of carbonyl (C=O) groups is 3. The molecule has 7 heteroatoms. The molecule has 2 N–H and O–H groups in total. The summed E-state index contributed by atoms with van der Waals surface area (Å²) in [5, 5.41) is 5.86. The van der Waals surface area contributed by atoms with Gasteiger partial charge >= 0.3 is 0 Å². The summed E-state index contributed by atoms with van der Waals surface area (Å²) in [7, 11) is 1.62. The maximum atomic E-state index is 12.9. The van der Waals surface area contributed by atoms with Crippen molar-refractivity contribution in [1.82, 2.24) is 15.5 Å². The molecule has 2 rings (SSSR count). The molecule has 0 radical (unpaired) electrons. The van der Waals surface area contributed by atoms with Gasteiger partial charge in [-0.3, -0.25) is 14.4 Å². The summed E-state index contributed by atoms with van der Waals surface area (Å²) in [6.45, 7) is 8.03. The first kappa shape index (κ1) is 23.9. The van der Waals surface area contributed by atoms with Gasteiger partial charge in [0.05, 0.1) is 0 Å². The van der Waals surface area contributed by atoms with E-state index in [4.69, 9.17) is 4.74 Å². The fourth-order valence-corrected chi connectivity index (χ4v) is 3.68. The maximum Gasteiger partial charge on any atom is 0.251 e. The first-order valence-corrected chi connectivity index (χ1v) is 10.8. The molecule has 0 bridgehead atoms. The van der Waals surface area contributed by atoms with Crippen LogP contribution in [0.1, 0.15) is 49.0 Å². The fraction of sp³-hybridized carbons (Fsp3) is 0.609. The number of methoxy groups -OCH3 is 1. The van der Waals surface area contributed by atoms with Gasteiger partial charge in [-0.1, -0.05) is 31.5 Å². The molecule has 1 fully saturated rings. The van der Waals surface area contributed by atoms with Crippen molar-refractivity contribution in [3.05, 3.63) is 35.4 Å². The fourth-order valence-electron chi connectivity index (χ4n) is 3.68. The van der Waals surface area contributed by atoms with Crippen molar-refractivity contribution in [3.8, 4) is 0 Å². The maximum absolute atomic E-state index is 12.9. The molecular formula is C23H35N3O4. The number of nitrogens with one attached hydrogen (secondary N) is 2. The molecule has 0 aromatic heterocycles. The van der Waals surface area contributed by atoms with Crippen molar-refractivity contribution in [2.45, 2.75) is 46.1 Å². The highest BCUT2D eigenvalue weighted by molar-refractivity contribution is 5.97. The number of likely N-dealkylation sites (tertiary alicyclic amines) is 1. The van der Waals surface area contributed by atoms with E-state index in [1.54, 1.807) is 19.2 Å². The van der Waals surface area contributed by atoms with E-state index in [1.807, 2.05) is 37.8 Å². The van der Waals surface area contributed by atoms with Gasteiger partial charge < -0.3 is 20.3 Å². The minimum absolute atomic E-state index is 0.0157. The second kappa shape index (κ2) is 11.7. The van der Waals surface area contributed by atoms with Crippen molar-refractivity contribution < 1.29 is 19.1 Å². The second-order valence-corrected chi connectivity index (χ2v) is 8.27. The average molecular weight is 418 g/mol. The average Bonchev–Trinajstić information content (AvgIpc) is 2.74. The predicted molar refractivity (Wildman–Crippen MR) is 116 cm³/mol. The van der Waals surface area contributed by atoms with Gasteiger partial charge in [-0.05, 0) is 44.2 Å². The molecule has 30 heavy (non-hydrogen) atoms. The molecule has 7 nitrogen and oxygen atoms in total. The zero-order valence-corrected chi connectivity index (χ0v) is 18.6. The monoisotopic (exact) mass is 417 g/mol. The van der Waals surface area contributed by atoms with Crippen LogP contribution in [-0.2, 0) is 14.3 Å². The van der Waals surface area contributed by atoms with E-state index >= 15 is 0 Å². The molecule has 1 heterocycles. The van der Waals surface area contributed by atoms with Gasteiger partial charge in [-0.25, -0.2) is 0 Å². The van der Waals surface area contributed by atoms with Crippen LogP contribution in [0, 0.1) is 18.8 Å². The number of rotatable bonds is 9. The third-order valence-electron chi connectivity index (χ3n) is 5.52. The minimum Gasteiger partial charge on any atom is -0.385 e. The number of nitrogens with zero attached hydrogens (tertiary/aromatic N) is 1. The summed E-state index contributed by atoms with van der Waals surface area (Å²) >= 11 is 0. The van der Waals surface area contributed by atoms with Gasteiger partial charge in [-0.15, -0.1) is 0 Å². The van der Waals surface area contributed by atoms with E-state index in [0.29, 0.717) is 51.1 Å². The number of aryl methyl sites for hydroxylation is 1. The van der Waals surface area contributed by atoms with Gasteiger partial charge in [0, 0.05) is 44.8 Å². The molecule has 1 aromatic carbocycles. The molecule has 0 aliphatic carbocycles. The molecule has 1 aromatic rings. The zero-order chi connectivity index (χ0) is 22.1. The van der Waals surface area contributed by atoms with E-state index in [1.165, 1.54) is 0 Å². The van der Waals surface area contributed by atoms with Crippen molar-refractivity contribution >= 4 is 17.7 Å². The number of piperidine rings is 1. The number of benzene rings is 1.